The van der Waals surface area contributed by atoms with Crippen LogP contribution in [0.3, 0.4) is 0 Å². The fraction of sp³-hybridized carbons (Fsp3) is 0.421. The van der Waals surface area contributed by atoms with Gasteiger partial charge in [0.05, 0.1) is 18.5 Å². The average Bonchev–Trinajstić information content (AvgIpc) is 2.70. The number of carbonyl (C=O) groups excluding carboxylic acids is 1. The fourth-order valence-corrected chi connectivity index (χ4v) is 2.83. The van der Waals surface area contributed by atoms with E-state index in [1.807, 2.05) is 31.2 Å². The number of aromatic nitrogens is 2. The number of nitrogens with zero attached hydrogens (tertiary/aromatic N) is 4. The summed E-state index contributed by atoms with van der Waals surface area (Å²) in [5.41, 5.74) is 1.86. The lowest BCUT2D eigenvalue weighted by atomic mass is 10.1. The topological polar surface area (TPSA) is 67.8 Å². The van der Waals surface area contributed by atoms with E-state index in [4.69, 9.17) is 9.47 Å². The van der Waals surface area contributed by atoms with Crippen molar-refractivity contribution in [2.24, 2.45) is 0 Å². The first-order valence-corrected chi connectivity index (χ1v) is 8.89. The summed E-state index contributed by atoms with van der Waals surface area (Å²) in [5, 5.41) is 0. The maximum absolute atomic E-state index is 11.7. The van der Waals surface area contributed by atoms with Crippen LogP contribution in [0.4, 0.5) is 4.79 Å². The molecule has 0 atom stereocenters. The Bertz CT molecular complexity index is 686. The smallest absolute Gasteiger partial charge is 0.409 e. The van der Waals surface area contributed by atoms with Crippen molar-refractivity contribution in [1.29, 1.82) is 0 Å². The second kappa shape index (κ2) is 9.15. The van der Waals surface area contributed by atoms with E-state index in [9.17, 15) is 4.79 Å². The van der Waals surface area contributed by atoms with Gasteiger partial charge in [0.1, 0.15) is 12.4 Å². The molecule has 0 spiro atoms. The SMILES string of the molecule is CCOC(=O)N1CCN(CCOc2ccc(-c3cnccn3)cc2)CC1. The molecule has 0 aliphatic carbocycles. The van der Waals surface area contributed by atoms with Gasteiger partial charge in [-0.15, -0.1) is 0 Å². The summed E-state index contributed by atoms with van der Waals surface area (Å²) >= 11 is 0. The Balaban J connectivity index is 1.40. The van der Waals surface area contributed by atoms with Gasteiger partial charge < -0.3 is 14.4 Å². The summed E-state index contributed by atoms with van der Waals surface area (Å²) < 4.78 is 10.9. The summed E-state index contributed by atoms with van der Waals surface area (Å²) in [5.74, 6) is 0.836. The lowest BCUT2D eigenvalue weighted by Gasteiger charge is -2.33. The van der Waals surface area contributed by atoms with E-state index < -0.39 is 0 Å². The molecule has 0 saturated carbocycles. The summed E-state index contributed by atoms with van der Waals surface area (Å²) in [4.78, 5) is 24.1. The summed E-state index contributed by atoms with van der Waals surface area (Å²) in [6.45, 7) is 6.78. The molecule has 1 aliphatic heterocycles. The van der Waals surface area contributed by atoms with Crippen molar-refractivity contribution in [1.82, 2.24) is 19.8 Å². The first-order chi connectivity index (χ1) is 12.8. The molecule has 1 aromatic carbocycles. The Morgan fingerprint density at radius 2 is 1.88 bits per heavy atom. The maximum atomic E-state index is 11.7. The minimum Gasteiger partial charge on any atom is -0.492 e. The van der Waals surface area contributed by atoms with Crippen LogP contribution in [0.15, 0.2) is 42.9 Å². The normalized spacial score (nSPS) is 14.9. The highest BCUT2D eigenvalue weighted by Crippen LogP contribution is 2.19. The Morgan fingerprint density at radius 1 is 1.12 bits per heavy atom. The zero-order valence-electron chi connectivity index (χ0n) is 15.0. The van der Waals surface area contributed by atoms with E-state index in [1.54, 1.807) is 23.5 Å². The molecule has 1 aliphatic rings. The molecule has 26 heavy (non-hydrogen) atoms. The molecule has 0 bridgehead atoms. The van der Waals surface area contributed by atoms with Crippen LogP contribution in [0.2, 0.25) is 0 Å². The molecule has 0 N–H and O–H groups in total. The first kappa shape index (κ1) is 18.1. The van der Waals surface area contributed by atoms with Crippen molar-refractivity contribution in [3.05, 3.63) is 42.9 Å². The Kier molecular flexibility index (Phi) is 6.38. The van der Waals surface area contributed by atoms with Crippen LogP contribution in [-0.4, -0.2) is 71.8 Å². The quantitative estimate of drug-likeness (QED) is 0.791. The average molecular weight is 356 g/mol. The van der Waals surface area contributed by atoms with Gasteiger partial charge >= 0.3 is 6.09 Å². The molecule has 2 aromatic rings. The molecule has 3 rings (SSSR count). The van der Waals surface area contributed by atoms with E-state index in [-0.39, 0.29) is 6.09 Å². The third kappa shape index (κ3) is 4.92. The second-order valence-corrected chi connectivity index (χ2v) is 5.99. The van der Waals surface area contributed by atoms with Crippen molar-refractivity contribution in [3.63, 3.8) is 0 Å². The molecule has 0 unspecified atom stereocenters. The van der Waals surface area contributed by atoms with Crippen molar-refractivity contribution in [2.75, 3.05) is 45.9 Å². The van der Waals surface area contributed by atoms with Gasteiger partial charge in [-0.05, 0) is 31.2 Å². The minimum atomic E-state index is -0.216. The lowest BCUT2D eigenvalue weighted by Crippen LogP contribution is -2.49. The monoisotopic (exact) mass is 356 g/mol. The molecule has 7 heteroatoms. The molecule has 1 amide bonds. The summed E-state index contributed by atoms with van der Waals surface area (Å²) in [7, 11) is 0. The Hall–Kier alpha value is -2.67. The zero-order chi connectivity index (χ0) is 18.2. The van der Waals surface area contributed by atoms with Gasteiger partial charge in [-0.2, -0.15) is 0 Å². The van der Waals surface area contributed by atoms with Gasteiger partial charge in [0, 0.05) is 50.7 Å². The predicted molar refractivity (Wildman–Crippen MR) is 98.0 cm³/mol. The number of amides is 1. The molecular weight excluding hydrogens is 332 g/mol. The van der Waals surface area contributed by atoms with Crippen molar-refractivity contribution in [3.8, 4) is 17.0 Å². The molecule has 2 heterocycles. The lowest BCUT2D eigenvalue weighted by molar-refractivity contribution is 0.0757. The number of carbonyl (C=O) groups is 1. The number of hydrogen-bond donors (Lipinski definition) is 0. The summed E-state index contributed by atoms with van der Waals surface area (Å²) in [6, 6.07) is 7.86. The minimum absolute atomic E-state index is 0.216. The zero-order valence-corrected chi connectivity index (χ0v) is 15.0. The van der Waals surface area contributed by atoms with Crippen LogP contribution in [-0.2, 0) is 4.74 Å². The number of piperazine rings is 1. The molecule has 138 valence electrons. The molecule has 1 fully saturated rings. The van der Waals surface area contributed by atoms with Gasteiger partial charge in [0.15, 0.2) is 0 Å². The maximum Gasteiger partial charge on any atom is 0.409 e. The van der Waals surface area contributed by atoms with Crippen LogP contribution >= 0.6 is 0 Å². The van der Waals surface area contributed by atoms with E-state index in [1.165, 1.54) is 0 Å². The van der Waals surface area contributed by atoms with Crippen molar-refractivity contribution >= 4 is 6.09 Å². The molecular formula is C19H24N4O3. The van der Waals surface area contributed by atoms with E-state index in [2.05, 4.69) is 14.9 Å². The van der Waals surface area contributed by atoms with Crippen LogP contribution < -0.4 is 4.74 Å². The molecule has 0 radical (unpaired) electrons. The molecule has 1 aromatic heterocycles. The number of rotatable bonds is 6. The predicted octanol–water partition coefficient (Wildman–Crippen LogP) is 2.30. The van der Waals surface area contributed by atoms with Gasteiger partial charge in [0.2, 0.25) is 0 Å². The van der Waals surface area contributed by atoms with Gasteiger partial charge in [-0.1, -0.05) is 0 Å². The fourth-order valence-electron chi connectivity index (χ4n) is 2.83. The van der Waals surface area contributed by atoms with Crippen molar-refractivity contribution in [2.45, 2.75) is 6.92 Å². The standard InChI is InChI=1S/C19H24N4O3/c1-2-25-19(24)23-11-9-22(10-12-23)13-14-26-17-5-3-16(4-6-17)18-15-20-7-8-21-18/h3-8,15H,2,9-14H2,1H3. The van der Waals surface area contributed by atoms with Crippen LogP contribution in [0.5, 0.6) is 5.75 Å². The first-order valence-electron chi connectivity index (χ1n) is 8.89. The van der Waals surface area contributed by atoms with E-state index in [0.29, 0.717) is 26.3 Å². The third-order valence-corrected chi connectivity index (χ3v) is 4.29. The third-order valence-electron chi connectivity index (χ3n) is 4.29. The number of ether oxygens (including phenoxy) is 2. The molecule has 1 saturated heterocycles. The van der Waals surface area contributed by atoms with E-state index in [0.717, 1.165) is 36.6 Å². The van der Waals surface area contributed by atoms with E-state index >= 15 is 0 Å². The molecule has 7 nitrogen and oxygen atoms in total. The highest BCUT2D eigenvalue weighted by Gasteiger charge is 2.21. The number of hydrogen-bond acceptors (Lipinski definition) is 6. The highest BCUT2D eigenvalue weighted by atomic mass is 16.6. The summed E-state index contributed by atoms with van der Waals surface area (Å²) in [6.07, 6.45) is 4.87. The Labute approximate surface area is 153 Å². The largest absolute Gasteiger partial charge is 0.492 e. The van der Waals surface area contributed by atoms with Gasteiger partial charge in [-0.3, -0.25) is 14.9 Å². The van der Waals surface area contributed by atoms with Gasteiger partial charge in [0.25, 0.3) is 0 Å². The van der Waals surface area contributed by atoms with Crippen LogP contribution in [0.25, 0.3) is 11.3 Å². The second-order valence-electron chi connectivity index (χ2n) is 5.99. The van der Waals surface area contributed by atoms with Gasteiger partial charge in [-0.25, -0.2) is 4.79 Å². The Morgan fingerprint density at radius 3 is 2.54 bits per heavy atom. The number of benzene rings is 1. The highest BCUT2D eigenvalue weighted by molar-refractivity contribution is 5.67. The van der Waals surface area contributed by atoms with Crippen LogP contribution in [0.1, 0.15) is 6.92 Å². The van der Waals surface area contributed by atoms with Crippen LogP contribution in [0, 0.1) is 0 Å². The van der Waals surface area contributed by atoms with Crippen molar-refractivity contribution < 1.29 is 14.3 Å².